The number of halogens is 2. The first-order chi connectivity index (χ1) is 28.8. The monoisotopic (exact) mass is 818 g/mol. The predicted molar refractivity (Wildman–Crippen MR) is 222 cm³/mol. The molecule has 2 aliphatic rings. The molecule has 2 saturated heterocycles. The molecule has 6 heterocycles. The number of amides is 2. The van der Waals surface area contributed by atoms with Gasteiger partial charge in [0, 0.05) is 75.8 Å². The number of Topliss-reactive ketones (excluding diaryl/α,β-unsaturated/α-hetero) is 1. The van der Waals surface area contributed by atoms with Crippen LogP contribution in [0.4, 0.5) is 8.78 Å². The third kappa shape index (κ3) is 9.11. The van der Waals surface area contributed by atoms with Crippen LogP contribution in [0, 0.1) is 11.6 Å². The van der Waals surface area contributed by atoms with E-state index in [2.05, 4.69) is 48.3 Å². The smallest absolute Gasteiger partial charge is 0.379 e. The van der Waals surface area contributed by atoms with Gasteiger partial charge in [0.2, 0.25) is 0 Å². The van der Waals surface area contributed by atoms with Crippen LogP contribution in [0.5, 0.6) is 0 Å². The Hall–Kier alpha value is -6.32. The predicted octanol–water partition coefficient (Wildman–Crippen LogP) is 6.23. The van der Waals surface area contributed by atoms with Gasteiger partial charge in [0.1, 0.15) is 28.5 Å². The molecule has 0 unspecified atom stereocenters. The molecule has 4 aromatic heterocycles. The second-order valence-electron chi connectivity index (χ2n) is 15.6. The lowest BCUT2D eigenvalue weighted by atomic mass is 10.1. The van der Waals surface area contributed by atoms with Gasteiger partial charge in [0.25, 0.3) is 17.6 Å². The molecular weight excluding hydrogens is 771 g/mol. The standard InChI is InChI=1S/C24H25FN4O4.C21H23FN4O/c1-14-12-29(15(2)11-28(14)13-16-4-6-17(25)7-5-16)23(31)20-9-8-19-21(27-20)18(10-26-19)22(30)24(32)33-3;1-14-12-26(21(27)20-8-7-18-19(24-20)9-10-23-18)15(2)11-25(14)13-16-3-5-17(22)6-4-16/h4-10,14-15,26H,11-13H2,1-3H3;3-10,14-15,23H,11-13H2,1-2H3/t2*14-,15+/m00/s1. The summed E-state index contributed by atoms with van der Waals surface area (Å²) in [5.41, 5.74) is 5.37. The fourth-order valence-corrected chi connectivity index (χ4v) is 7.89. The fourth-order valence-electron chi connectivity index (χ4n) is 7.89. The minimum atomic E-state index is -0.992. The molecular formula is C45H48F2N8O5. The number of hydrogen-bond donors (Lipinski definition) is 2. The van der Waals surface area contributed by atoms with Crippen molar-refractivity contribution in [3.8, 4) is 0 Å². The minimum absolute atomic E-state index is 0.0288. The molecule has 8 rings (SSSR count). The van der Waals surface area contributed by atoms with E-state index in [4.69, 9.17) is 0 Å². The van der Waals surface area contributed by atoms with Gasteiger partial charge in [-0.2, -0.15) is 0 Å². The van der Waals surface area contributed by atoms with Crippen LogP contribution in [0.1, 0.15) is 70.2 Å². The quantitative estimate of drug-likeness (QED) is 0.104. The third-order valence-electron chi connectivity index (χ3n) is 11.3. The maximum atomic E-state index is 13.3. The highest BCUT2D eigenvalue weighted by Crippen LogP contribution is 2.24. The normalized spacial score (nSPS) is 19.9. The minimum Gasteiger partial charge on any atom is -0.463 e. The number of esters is 1. The summed E-state index contributed by atoms with van der Waals surface area (Å²) in [6, 6.07) is 22.2. The Kier molecular flexibility index (Phi) is 12.5. The van der Waals surface area contributed by atoms with E-state index in [0.717, 1.165) is 42.4 Å². The highest BCUT2D eigenvalue weighted by molar-refractivity contribution is 6.42. The van der Waals surface area contributed by atoms with Crippen LogP contribution >= 0.6 is 0 Å². The Bertz CT molecular complexity index is 2510. The first-order valence-electron chi connectivity index (χ1n) is 19.9. The number of benzene rings is 2. The van der Waals surface area contributed by atoms with Gasteiger partial charge in [-0.15, -0.1) is 0 Å². The van der Waals surface area contributed by atoms with E-state index in [9.17, 15) is 28.0 Å². The maximum Gasteiger partial charge on any atom is 0.379 e. The molecule has 0 aliphatic carbocycles. The number of aromatic amines is 2. The number of methoxy groups -OCH3 is 1. The Morgan fingerprint density at radius 1 is 0.633 bits per heavy atom. The SMILES string of the molecule is COC(=O)C(=O)c1c[nH]c2ccc(C(=O)N3C[C@H](C)N(Cc4ccc(F)cc4)C[C@H]3C)nc12.C[C@@H]1CN(Cc2ccc(F)cc2)[C@@H](C)CN1C(=O)c1ccc2[nH]ccc2n1. The topological polar surface area (TPSA) is 148 Å². The first kappa shape index (κ1) is 41.8. The number of aromatic nitrogens is 4. The Morgan fingerprint density at radius 2 is 1.13 bits per heavy atom. The lowest BCUT2D eigenvalue weighted by molar-refractivity contribution is -0.135. The average molecular weight is 819 g/mol. The summed E-state index contributed by atoms with van der Waals surface area (Å²) in [4.78, 5) is 73.4. The van der Waals surface area contributed by atoms with Gasteiger partial charge in [-0.25, -0.2) is 23.5 Å². The molecule has 0 spiro atoms. The van der Waals surface area contributed by atoms with Crippen LogP contribution in [0.15, 0.2) is 91.3 Å². The maximum absolute atomic E-state index is 13.3. The number of rotatable bonds is 8. The van der Waals surface area contributed by atoms with E-state index in [-0.39, 0.29) is 64.4 Å². The number of hydrogen-bond acceptors (Lipinski definition) is 9. The number of fused-ring (bicyclic) bond motifs is 2. The van der Waals surface area contributed by atoms with E-state index in [1.54, 1.807) is 35.2 Å². The number of pyridine rings is 2. The van der Waals surface area contributed by atoms with Crippen LogP contribution in [0.3, 0.4) is 0 Å². The molecule has 4 atom stereocenters. The van der Waals surface area contributed by atoms with Crippen molar-refractivity contribution in [2.75, 3.05) is 33.3 Å². The van der Waals surface area contributed by atoms with Crippen LogP contribution in [-0.2, 0) is 22.6 Å². The third-order valence-corrected chi connectivity index (χ3v) is 11.3. The van der Waals surface area contributed by atoms with Crippen LogP contribution in [0.25, 0.3) is 22.1 Å². The van der Waals surface area contributed by atoms with E-state index in [1.165, 1.54) is 30.5 Å². The zero-order valence-electron chi connectivity index (χ0n) is 34.2. The Labute approximate surface area is 346 Å². The molecule has 2 aliphatic heterocycles. The van der Waals surface area contributed by atoms with Crippen molar-refractivity contribution >= 4 is 45.6 Å². The number of carbonyl (C=O) groups is 4. The number of carbonyl (C=O) groups excluding carboxylic acids is 4. The number of piperazine rings is 2. The van der Waals surface area contributed by atoms with Gasteiger partial charge in [-0.3, -0.25) is 24.2 Å². The van der Waals surface area contributed by atoms with Crippen LogP contribution in [0.2, 0.25) is 0 Å². The highest BCUT2D eigenvalue weighted by Gasteiger charge is 2.35. The number of nitrogens with one attached hydrogen (secondary N) is 2. The molecule has 0 bridgehead atoms. The number of H-pyrrole nitrogens is 2. The molecule has 312 valence electrons. The van der Waals surface area contributed by atoms with Crippen molar-refractivity contribution < 1.29 is 32.7 Å². The van der Waals surface area contributed by atoms with Gasteiger partial charge in [-0.1, -0.05) is 24.3 Å². The summed E-state index contributed by atoms with van der Waals surface area (Å²) in [5.74, 6) is -2.57. The number of ether oxygens (including phenoxy) is 1. The van der Waals surface area contributed by atoms with Crippen LogP contribution in [-0.4, -0.2) is 121 Å². The second kappa shape index (κ2) is 17.9. The van der Waals surface area contributed by atoms with E-state index in [0.29, 0.717) is 37.4 Å². The van der Waals surface area contributed by atoms with Gasteiger partial charge in [0.15, 0.2) is 0 Å². The lowest BCUT2D eigenvalue weighted by Crippen LogP contribution is -2.57. The van der Waals surface area contributed by atoms with Gasteiger partial charge < -0.3 is 24.5 Å². The molecule has 2 N–H and O–H groups in total. The Morgan fingerprint density at radius 3 is 1.65 bits per heavy atom. The van der Waals surface area contributed by atoms with Crippen molar-refractivity contribution in [3.63, 3.8) is 0 Å². The zero-order chi connectivity index (χ0) is 42.7. The molecule has 2 amide bonds. The molecule has 0 saturated carbocycles. The zero-order valence-corrected chi connectivity index (χ0v) is 34.2. The highest BCUT2D eigenvalue weighted by atomic mass is 19.1. The summed E-state index contributed by atoms with van der Waals surface area (Å²) in [7, 11) is 1.13. The molecule has 2 aromatic carbocycles. The van der Waals surface area contributed by atoms with Gasteiger partial charge in [-0.05, 0) is 93.4 Å². The molecule has 0 radical (unpaired) electrons. The van der Waals surface area contributed by atoms with Crippen molar-refractivity contribution in [2.45, 2.75) is 65.0 Å². The van der Waals surface area contributed by atoms with Crippen molar-refractivity contribution in [1.82, 2.24) is 39.5 Å². The first-order valence-corrected chi connectivity index (χ1v) is 19.9. The summed E-state index contributed by atoms with van der Waals surface area (Å²) in [6.45, 7) is 12.2. The van der Waals surface area contributed by atoms with Crippen molar-refractivity contribution in [3.05, 3.63) is 131 Å². The van der Waals surface area contributed by atoms with Crippen molar-refractivity contribution in [1.29, 1.82) is 0 Å². The average Bonchev–Trinajstić information content (AvgIpc) is 3.91. The number of nitrogens with zero attached hydrogens (tertiary/aromatic N) is 6. The summed E-state index contributed by atoms with van der Waals surface area (Å²) >= 11 is 0. The van der Waals surface area contributed by atoms with E-state index >= 15 is 0 Å². The number of ketones is 1. The van der Waals surface area contributed by atoms with E-state index in [1.807, 2.05) is 49.2 Å². The lowest BCUT2D eigenvalue weighted by Gasteiger charge is -2.44. The van der Waals surface area contributed by atoms with Gasteiger partial charge in [0.05, 0.1) is 29.2 Å². The second-order valence-corrected chi connectivity index (χ2v) is 15.6. The molecule has 6 aromatic rings. The summed E-state index contributed by atoms with van der Waals surface area (Å²) < 4.78 is 30.8. The van der Waals surface area contributed by atoms with Crippen LogP contribution < -0.4 is 0 Å². The largest absolute Gasteiger partial charge is 0.463 e. The van der Waals surface area contributed by atoms with Crippen molar-refractivity contribution in [2.24, 2.45) is 0 Å². The molecule has 13 nitrogen and oxygen atoms in total. The molecule has 15 heteroatoms. The summed E-state index contributed by atoms with van der Waals surface area (Å²) in [5, 5.41) is 0. The molecule has 60 heavy (non-hydrogen) atoms. The van der Waals surface area contributed by atoms with Gasteiger partial charge >= 0.3 is 5.97 Å². The summed E-state index contributed by atoms with van der Waals surface area (Å²) in [6.07, 6.45) is 3.22. The van der Waals surface area contributed by atoms with E-state index < -0.39 is 11.8 Å². The molecule has 2 fully saturated rings. The Balaban J connectivity index is 0.000000185. The fraction of sp³-hybridized carbons (Fsp3) is 0.333.